The van der Waals surface area contributed by atoms with E-state index in [1.165, 1.54) is 19.1 Å². The zero-order chi connectivity index (χ0) is 11.5. The molecular formula is C9H12INO3S. The van der Waals surface area contributed by atoms with Crippen molar-refractivity contribution >= 4 is 32.6 Å². The van der Waals surface area contributed by atoms with Crippen LogP contribution in [0, 0.1) is 3.57 Å². The fourth-order valence-corrected chi connectivity index (χ4v) is 2.41. The molecule has 0 unspecified atom stereocenters. The Morgan fingerprint density at radius 3 is 2.40 bits per heavy atom. The van der Waals surface area contributed by atoms with Crippen molar-refractivity contribution in [3.05, 3.63) is 27.8 Å². The molecule has 0 saturated heterocycles. The molecule has 6 heteroatoms. The lowest BCUT2D eigenvalue weighted by Crippen LogP contribution is -2.30. The van der Waals surface area contributed by atoms with Crippen LogP contribution in [0.2, 0.25) is 0 Å². The number of benzene rings is 1. The molecule has 0 fully saturated rings. The van der Waals surface area contributed by atoms with Crippen LogP contribution in [0.25, 0.3) is 0 Å². The largest absolute Gasteiger partial charge is 0.392 e. The Hall–Kier alpha value is -0.180. The number of rotatable bonds is 4. The maximum atomic E-state index is 11.6. The number of halogens is 1. The first-order valence-corrected chi connectivity index (χ1v) is 6.91. The van der Waals surface area contributed by atoms with Crippen LogP contribution in [0.5, 0.6) is 0 Å². The van der Waals surface area contributed by atoms with Crippen molar-refractivity contribution < 1.29 is 13.5 Å². The summed E-state index contributed by atoms with van der Waals surface area (Å²) >= 11 is 2.10. The second-order valence-corrected chi connectivity index (χ2v) is 6.17. The van der Waals surface area contributed by atoms with Gasteiger partial charge in [0, 0.05) is 10.1 Å². The van der Waals surface area contributed by atoms with Crippen LogP contribution in [0.1, 0.15) is 6.92 Å². The minimum absolute atomic E-state index is 0.0221. The first-order chi connectivity index (χ1) is 6.92. The van der Waals surface area contributed by atoms with Crippen molar-refractivity contribution in [1.29, 1.82) is 0 Å². The van der Waals surface area contributed by atoms with Gasteiger partial charge >= 0.3 is 0 Å². The lowest BCUT2D eigenvalue weighted by molar-refractivity contribution is 0.198. The molecule has 0 saturated carbocycles. The highest BCUT2D eigenvalue weighted by molar-refractivity contribution is 14.1. The molecule has 1 rings (SSSR count). The Balaban J connectivity index is 2.82. The summed E-state index contributed by atoms with van der Waals surface area (Å²) in [4.78, 5) is 0.212. The summed E-state index contributed by atoms with van der Waals surface area (Å²) in [6.45, 7) is 1.55. The van der Waals surface area contributed by atoms with Gasteiger partial charge in [-0.1, -0.05) is 0 Å². The zero-order valence-electron chi connectivity index (χ0n) is 8.14. The van der Waals surface area contributed by atoms with Gasteiger partial charge in [0.2, 0.25) is 10.0 Å². The van der Waals surface area contributed by atoms with Crippen LogP contribution in [-0.4, -0.2) is 26.2 Å². The fraction of sp³-hybridized carbons (Fsp3) is 0.333. The maximum absolute atomic E-state index is 11.6. The highest BCUT2D eigenvalue weighted by atomic mass is 127. The van der Waals surface area contributed by atoms with Crippen molar-refractivity contribution in [3.63, 3.8) is 0 Å². The minimum Gasteiger partial charge on any atom is -0.392 e. The molecule has 0 amide bonds. The first-order valence-electron chi connectivity index (χ1n) is 4.35. The van der Waals surface area contributed by atoms with Crippen molar-refractivity contribution in [2.45, 2.75) is 17.9 Å². The predicted molar refractivity (Wildman–Crippen MR) is 66.0 cm³/mol. The SMILES string of the molecule is C[C@H](O)CNS(=O)(=O)c1ccc(I)cc1. The van der Waals surface area contributed by atoms with Gasteiger partial charge in [-0.2, -0.15) is 0 Å². The number of hydrogen-bond donors (Lipinski definition) is 2. The average molecular weight is 341 g/mol. The van der Waals surface area contributed by atoms with Crippen molar-refractivity contribution in [2.75, 3.05) is 6.54 Å². The molecule has 15 heavy (non-hydrogen) atoms. The van der Waals surface area contributed by atoms with Crippen LogP contribution in [-0.2, 0) is 10.0 Å². The van der Waals surface area contributed by atoms with E-state index in [2.05, 4.69) is 27.3 Å². The summed E-state index contributed by atoms with van der Waals surface area (Å²) in [6.07, 6.45) is -0.691. The van der Waals surface area contributed by atoms with E-state index in [-0.39, 0.29) is 11.4 Å². The first kappa shape index (κ1) is 12.9. The van der Waals surface area contributed by atoms with Gasteiger partial charge in [0.05, 0.1) is 11.0 Å². The van der Waals surface area contributed by atoms with Crippen LogP contribution in [0.15, 0.2) is 29.2 Å². The molecule has 0 radical (unpaired) electrons. The summed E-state index contributed by atoms with van der Waals surface area (Å²) in [6, 6.07) is 6.51. The summed E-state index contributed by atoms with van der Waals surface area (Å²) < 4.78 is 26.5. The Labute approximate surface area is 103 Å². The van der Waals surface area contributed by atoms with E-state index in [1.807, 2.05) is 0 Å². The molecule has 84 valence electrons. The van der Waals surface area contributed by atoms with E-state index < -0.39 is 16.1 Å². The molecule has 0 aliphatic heterocycles. The fourth-order valence-electron chi connectivity index (χ4n) is 0.927. The van der Waals surface area contributed by atoms with Gasteiger partial charge in [-0.25, -0.2) is 13.1 Å². The topological polar surface area (TPSA) is 66.4 Å². The smallest absolute Gasteiger partial charge is 0.240 e. The van der Waals surface area contributed by atoms with Crippen molar-refractivity contribution in [3.8, 4) is 0 Å². The lowest BCUT2D eigenvalue weighted by Gasteiger charge is -2.08. The highest BCUT2D eigenvalue weighted by Crippen LogP contribution is 2.11. The van der Waals surface area contributed by atoms with Crippen molar-refractivity contribution in [2.24, 2.45) is 0 Å². The highest BCUT2D eigenvalue weighted by Gasteiger charge is 2.13. The van der Waals surface area contributed by atoms with Crippen LogP contribution in [0.3, 0.4) is 0 Å². The third-order valence-electron chi connectivity index (χ3n) is 1.69. The Morgan fingerprint density at radius 2 is 1.93 bits per heavy atom. The third kappa shape index (κ3) is 4.06. The van der Waals surface area contributed by atoms with Crippen molar-refractivity contribution in [1.82, 2.24) is 4.72 Å². The monoisotopic (exact) mass is 341 g/mol. The maximum Gasteiger partial charge on any atom is 0.240 e. The van der Waals surface area contributed by atoms with E-state index in [1.54, 1.807) is 12.1 Å². The summed E-state index contributed by atoms with van der Waals surface area (Å²) in [5, 5.41) is 8.98. The summed E-state index contributed by atoms with van der Waals surface area (Å²) in [5.74, 6) is 0. The van der Waals surface area contributed by atoms with Crippen LogP contribution in [0.4, 0.5) is 0 Å². The second-order valence-electron chi connectivity index (χ2n) is 3.15. The predicted octanol–water partition coefficient (Wildman–Crippen LogP) is 0.950. The molecule has 0 heterocycles. The second kappa shape index (κ2) is 5.24. The van der Waals surface area contributed by atoms with Gasteiger partial charge in [-0.15, -0.1) is 0 Å². The van der Waals surface area contributed by atoms with E-state index in [4.69, 9.17) is 5.11 Å². The Kier molecular flexibility index (Phi) is 4.50. The summed E-state index contributed by atoms with van der Waals surface area (Å²) in [7, 11) is -3.49. The molecule has 1 aromatic rings. The van der Waals surface area contributed by atoms with E-state index in [9.17, 15) is 8.42 Å². The van der Waals surface area contributed by atoms with Gasteiger partial charge < -0.3 is 5.11 Å². The van der Waals surface area contributed by atoms with Gasteiger partial charge in [0.15, 0.2) is 0 Å². The molecule has 1 aromatic carbocycles. The van der Waals surface area contributed by atoms with Crippen LogP contribution < -0.4 is 4.72 Å². The van der Waals surface area contributed by atoms with Gasteiger partial charge in [-0.05, 0) is 53.8 Å². The lowest BCUT2D eigenvalue weighted by atomic mass is 10.4. The van der Waals surface area contributed by atoms with E-state index >= 15 is 0 Å². The number of nitrogens with one attached hydrogen (secondary N) is 1. The molecule has 0 bridgehead atoms. The number of aliphatic hydroxyl groups excluding tert-OH is 1. The number of sulfonamides is 1. The molecule has 0 spiro atoms. The Bertz CT molecular complexity index is 413. The quantitative estimate of drug-likeness (QED) is 0.802. The van der Waals surface area contributed by atoms with Gasteiger partial charge in [-0.3, -0.25) is 0 Å². The molecule has 0 aliphatic rings. The average Bonchev–Trinajstić information content (AvgIpc) is 2.16. The van der Waals surface area contributed by atoms with Gasteiger partial charge in [0.1, 0.15) is 0 Å². The molecule has 0 aromatic heterocycles. The number of aliphatic hydroxyl groups is 1. The van der Waals surface area contributed by atoms with E-state index in [0.29, 0.717) is 0 Å². The molecule has 0 aliphatic carbocycles. The molecule has 2 N–H and O–H groups in total. The van der Waals surface area contributed by atoms with Gasteiger partial charge in [0.25, 0.3) is 0 Å². The number of hydrogen-bond acceptors (Lipinski definition) is 3. The molecule has 4 nitrogen and oxygen atoms in total. The third-order valence-corrected chi connectivity index (χ3v) is 3.85. The normalized spacial score (nSPS) is 13.8. The molecule has 1 atom stereocenters. The van der Waals surface area contributed by atoms with Crippen LogP contribution >= 0.6 is 22.6 Å². The van der Waals surface area contributed by atoms with E-state index in [0.717, 1.165) is 3.57 Å². The summed E-state index contributed by atoms with van der Waals surface area (Å²) in [5.41, 5.74) is 0. The molecular weight excluding hydrogens is 329 g/mol. The Morgan fingerprint density at radius 1 is 1.40 bits per heavy atom. The minimum atomic E-state index is -3.49. The standard InChI is InChI=1S/C9H12INO3S/c1-7(12)6-11-15(13,14)9-4-2-8(10)3-5-9/h2-5,7,11-12H,6H2,1H3/t7-/m0/s1. The zero-order valence-corrected chi connectivity index (χ0v) is 11.1.